The van der Waals surface area contributed by atoms with Crippen LogP contribution in [0.25, 0.3) is 22.2 Å². The summed E-state index contributed by atoms with van der Waals surface area (Å²) in [5.74, 6) is 0. The standard InChI is InChI=1S/C15H10Cl3N/c1-8-2-10-6-14(19-15(10)13(18)3-8)9-4-11(16)7-12(17)5-9/h2-7,19H,1H3. The van der Waals surface area contributed by atoms with Crippen molar-refractivity contribution in [2.75, 3.05) is 0 Å². The molecule has 2 aromatic carbocycles. The quantitative estimate of drug-likeness (QED) is 0.558. The van der Waals surface area contributed by atoms with E-state index in [0.29, 0.717) is 10.0 Å². The second-order valence-electron chi connectivity index (χ2n) is 4.55. The van der Waals surface area contributed by atoms with Gasteiger partial charge in [0.05, 0.1) is 10.5 Å². The molecule has 0 aliphatic rings. The molecule has 19 heavy (non-hydrogen) atoms. The van der Waals surface area contributed by atoms with E-state index in [9.17, 15) is 0 Å². The summed E-state index contributed by atoms with van der Waals surface area (Å²) >= 11 is 18.3. The number of H-pyrrole nitrogens is 1. The molecule has 0 aliphatic heterocycles. The van der Waals surface area contributed by atoms with Crippen molar-refractivity contribution < 1.29 is 0 Å². The molecule has 0 radical (unpaired) electrons. The summed E-state index contributed by atoms with van der Waals surface area (Å²) in [4.78, 5) is 3.31. The van der Waals surface area contributed by atoms with Gasteiger partial charge < -0.3 is 4.98 Å². The summed E-state index contributed by atoms with van der Waals surface area (Å²) in [6.07, 6.45) is 0. The SMILES string of the molecule is Cc1cc(Cl)c2[nH]c(-c3cc(Cl)cc(Cl)c3)cc2c1. The van der Waals surface area contributed by atoms with Gasteiger partial charge in [0.15, 0.2) is 0 Å². The molecule has 1 N–H and O–H groups in total. The first kappa shape index (κ1) is 12.9. The Labute approximate surface area is 126 Å². The van der Waals surface area contributed by atoms with E-state index in [1.54, 1.807) is 6.07 Å². The number of nitrogens with one attached hydrogen (secondary N) is 1. The van der Waals surface area contributed by atoms with Crippen LogP contribution in [0.1, 0.15) is 5.56 Å². The lowest BCUT2D eigenvalue weighted by Crippen LogP contribution is -1.78. The van der Waals surface area contributed by atoms with E-state index >= 15 is 0 Å². The van der Waals surface area contributed by atoms with Gasteiger partial charge in [0.2, 0.25) is 0 Å². The highest BCUT2D eigenvalue weighted by Crippen LogP contribution is 2.32. The van der Waals surface area contributed by atoms with E-state index in [4.69, 9.17) is 34.8 Å². The number of aryl methyl sites for hydroxylation is 1. The maximum atomic E-state index is 6.24. The van der Waals surface area contributed by atoms with Crippen LogP contribution < -0.4 is 0 Å². The van der Waals surface area contributed by atoms with Crippen molar-refractivity contribution >= 4 is 45.7 Å². The first-order chi connectivity index (χ1) is 9.02. The molecule has 0 unspecified atom stereocenters. The molecule has 3 aromatic rings. The van der Waals surface area contributed by atoms with Crippen molar-refractivity contribution in [3.63, 3.8) is 0 Å². The highest BCUT2D eigenvalue weighted by molar-refractivity contribution is 6.36. The van der Waals surface area contributed by atoms with Gasteiger partial charge in [-0.15, -0.1) is 0 Å². The third kappa shape index (κ3) is 2.46. The molecule has 1 aromatic heterocycles. The number of hydrogen-bond donors (Lipinski definition) is 1. The Morgan fingerprint density at radius 1 is 0.842 bits per heavy atom. The minimum atomic E-state index is 0.614. The first-order valence-corrected chi connectivity index (χ1v) is 6.91. The van der Waals surface area contributed by atoms with Crippen LogP contribution >= 0.6 is 34.8 Å². The smallest absolute Gasteiger partial charge is 0.0649 e. The minimum Gasteiger partial charge on any atom is -0.353 e. The molecule has 0 saturated heterocycles. The van der Waals surface area contributed by atoms with Gasteiger partial charge in [-0.1, -0.05) is 34.8 Å². The first-order valence-electron chi connectivity index (χ1n) is 5.78. The Hall–Kier alpha value is -1.15. The summed E-state index contributed by atoms with van der Waals surface area (Å²) in [7, 11) is 0. The van der Waals surface area contributed by atoms with Crippen molar-refractivity contribution in [2.45, 2.75) is 6.92 Å². The van der Waals surface area contributed by atoms with Crippen LogP contribution in [0.4, 0.5) is 0 Å². The van der Waals surface area contributed by atoms with E-state index in [1.165, 1.54) is 0 Å². The number of aromatic nitrogens is 1. The molecule has 0 fully saturated rings. The molecule has 0 saturated carbocycles. The van der Waals surface area contributed by atoms with Crippen LogP contribution in [0.2, 0.25) is 15.1 Å². The van der Waals surface area contributed by atoms with Gasteiger partial charge >= 0.3 is 0 Å². The summed E-state index contributed by atoms with van der Waals surface area (Å²) in [5, 5.41) is 3.03. The summed E-state index contributed by atoms with van der Waals surface area (Å²) < 4.78 is 0. The number of aromatic amines is 1. The van der Waals surface area contributed by atoms with Gasteiger partial charge in [0.1, 0.15) is 0 Å². The topological polar surface area (TPSA) is 15.8 Å². The Morgan fingerprint density at radius 3 is 2.21 bits per heavy atom. The number of rotatable bonds is 1. The van der Waals surface area contributed by atoms with Gasteiger partial charge in [-0.3, -0.25) is 0 Å². The number of fused-ring (bicyclic) bond motifs is 1. The molecule has 0 spiro atoms. The van der Waals surface area contributed by atoms with E-state index < -0.39 is 0 Å². The average Bonchev–Trinajstić information content (AvgIpc) is 2.71. The number of hydrogen-bond acceptors (Lipinski definition) is 0. The lowest BCUT2D eigenvalue weighted by Gasteiger charge is -2.00. The maximum Gasteiger partial charge on any atom is 0.0649 e. The van der Waals surface area contributed by atoms with Crippen LogP contribution in [0.15, 0.2) is 36.4 Å². The monoisotopic (exact) mass is 309 g/mol. The van der Waals surface area contributed by atoms with Crippen LogP contribution in [0.3, 0.4) is 0 Å². The Balaban J connectivity index is 2.23. The van der Waals surface area contributed by atoms with Crippen molar-refractivity contribution in [3.05, 3.63) is 57.0 Å². The molecule has 4 heteroatoms. The largest absolute Gasteiger partial charge is 0.353 e. The van der Waals surface area contributed by atoms with Gasteiger partial charge in [-0.25, -0.2) is 0 Å². The third-order valence-corrected chi connectivity index (χ3v) is 3.73. The van der Waals surface area contributed by atoms with Gasteiger partial charge in [-0.2, -0.15) is 0 Å². The summed E-state index contributed by atoms with van der Waals surface area (Å²) in [5.41, 5.74) is 3.96. The lowest BCUT2D eigenvalue weighted by molar-refractivity contribution is 1.44. The Morgan fingerprint density at radius 2 is 1.53 bits per heavy atom. The van der Waals surface area contributed by atoms with Crippen LogP contribution in [0, 0.1) is 6.92 Å². The van der Waals surface area contributed by atoms with Gasteiger partial charge in [0, 0.05) is 26.7 Å². The zero-order valence-electron chi connectivity index (χ0n) is 10.1. The second kappa shape index (κ2) is 4.75. The fourth-order valence-corrected chi connectivity index (χ4v) is 3.06. The molecule has 0 aliphatic carbocycles. The van der Waals surface area contributed by atoms with Crippen molar-refractivity contribution in [3.8, 4) is 11.3 Å². The van der Waals surface area contributed by atoms with E-state index in [2.05, 4.69) is 17.1 Å². The Bertz CT molecular complexity index is 754. The molecule has 3 rings (SSSR count). The summed E-state index contributed by atoms with van der Waals surface area (Å²) in [6, 6.07) is 11.5. The molecule has 1 nitrogen and oxygen atoms in total. The maximum absolute atomic E-state index is 6.24. The van der Waals surface area contributed by atoms with Gasteiger partial charge in [-0.05, 0) is 48.9 Å². The fraction of sp³-hybridized carbons (Fsp3) is 0.0667. The molecule has 1 heterocycles. The number of halogens is 3. The highest BCUT2D eigenvalue weighted by Gasteiger charge is 2.08. The van der Waals surface area contributed by atoms with Crippen LogP contribution in [-0.2, 0) is 0 Å². The molecular weight excluding hydrogens is 301 g/mol. The lowest BCUT2D eigenvalue weighted by atomic mass is 10.1. The number of benzene rings is 2. The normalized spacial score (nSPS) is 11.2. The van der Waals surface area contributed by atoms with Gasteiger partial charge in [0.25, 0.3) is 0 Å². The Kier molecular flexibility index (Phi) is 3.22. The molecule has 0 bridgehead atoms. The predicted octanol–water partition coefficient (Wildman–Crippen LogP) is 6.10. The minimum absolute atomic E-state index is 0.614. The molecule has 0 amide bonds. The molecular formula is C15H10Cl3N. The van der Waals surface area contributed by atoms with Crippen LogP contribution in [-0.4, -0.2) is 4.98 Å². The van der Waals surface area contributed by atoms with Crippen LogP contribution in [0.5, 0.6) is 0 Å². The summed E-state index contributed by atoms with van der Waals surface area (Å²) in [6.45, 7) is 2.02. The average molecular weight is 311 g/mol. The van der Waals surface area contributed by atoms with Crippen molar-refractivity contribution in [1.82, 2.24) is 4.98 Å². The highest BCUT2D eigenvalue weighted by atomic mass is 35.5. The van der Waals surface area contributed by atoms with Crippen molar-refractivity contribution in [2.24, 2.45) is 0 Å². The zero-order valence-corrected chi connectivity index (χ0v) is 12.4. The third-order valence-electron chi connectivity index (χ3n) is 3.00. The van der Waals surface area contributed by atoms with Crippen molar-refractivity contribution in [1.29, 1.82) is 0 Å². The molecule has 0 atom stereocenters. The zero-order chi connectivity index (χ0) is 13.6. The second-order valence-corrected chi connectivity index (χ2v) is 5.83. The van der Waals surface area contributed by atoms with E-state index in [0.717, 1.165) is 32.7 Å². The predicted molar refractivity (Wildman–Crippen MR) is 83.5 cm³/mol. The fourth-order valence-electron chi connectivity index (χ4n) is 2.21. The molecule has 96 valence electrons. The van der Waals surface area contributed by atoms with E-state index in [-0.39, 0.29) is 0 Å². The van der Waals surface area contributed by atoms with E-state index in [1.807, 2.05) is 25.1 Å².